The molecular weight excluding hydrogens is 292 g/mol. The van der Waals surface area contributed by atoms with Crippen LogP contribution in [0.5, 0.6) is 5.75 Å². The second-order valence-electron chi connectivity index (χ2n) is 6.70. The van der Waals surface area contributed by atoms with Gasteiger partial charge in [-0.15, -0.1) is 5.92 Å². The predicted molar refractivity (Wildman–Crippen MR) is 104 cm³/mol. The Labute approximate surface area is 149 Å². The lowest BCUT2D eigenvalue weighted by Crippen LogP contribution is -1.83. The molecule has 0 saturated heterocycles. The van der Waals surface area contributed by atoms with E-state index in [9.17, 15) is 5.11 Å². The molecule has 24 heavy (non-hydrogen) atoms. The number of hydrogen-bond donors (Lipinski definition) is 1. The molecule has 0 aliphatic rings. The Balaban J connectivity index is 1.86. The Morgan fingerprint density at radius 1 is 0.833 bits per heavy atom. The van der Waals surface area contributed by atoms with Crippen LogP contribution in [0.3, 0.4) is 0 Å². The maximum atomic E-state index is 9.63. The molecule has 0 atom stereocenters. The summed E-state index contributed by atoms with van der Waals surface area (Å²) in [6.07, 6.45) is 18.1. The monoisotopic (exact) mass is 327 g/mol. The molecule has 0 aliphatic heterocycles. The Kier molecular flexibility index (Phi) is 13.0. The van der Waals surface area contributed by atoms with E-state index in [2.05, 4.69) is 24.8 Å². The molecule has 0 spiro atoms. The minimum atomic E-state index is 0.303. The van der Waals surface area contributed by atoms with Crippen molar-refractivity contribution in [1.82, 2.24) is 0 Å². The summed E-state index contributed by atoms with van der Waals surface area (Å²) in [6, 6.07) is 8.34. The average molecular weight is 328 g/mol. The van der Waals surface area contributed by atoms with Crippen molar-refractivity contribution in [2.45, 2.75) is 96.8 Å². The lowest BCUT2D eigenvalue weighted by Gasteiger charge is -2.02. The molecule has 0 fully saturated rings. The molecule has 0 aromatic heterocycles. The number of phenolic OH excluding ortho intramolecular Hbond substituents is 1. The van der Waals surface area contributed by atoms with Crippen LogP contribution in [0, 0.1) is 17.9 Å². The number of unbranched alkanes of at least 4 members (excludes halogenated alkanes) is 12. The second kappa shape index (κ2) is 15.1. The maximum absolute atomic E-state index is 9.63. The first-order valence-electron chi connectivity index (χ1n) is 9.99. The van der Waals surface area contributed by atoms with Crippen molar-refractivity contribution < 1.29 is 5.11 Å². The average Bonchev–Trinajstić information content (AvgIpc) is 2.60. The normalized spacial score (nSPS) is 10.4. The number of hydrogen-bond acceptors (Lipinski definition) is 1. The first kappa shape index (κ1) is 20.6. The molecule has 1 nitrogen and oxygen atoms in total. The van der Waals surface area contributed by atoms with Crippen molar-refractivity contribution in [3.63, 3.8) is 0 Å². The maximum Gasteiger partial charge on any atom is 0.120 e. The van der Waals surface area contributed by atoms with Crippen LogP contribution in [-0.4, -0.2) is 5.11 Å². The Bertz CT molecular complexity index is 466. The first-order valence-corrected chi connectivity index (χ1v) is 9.99. The van der Waals surface area contributed by atoms with E-state index in [0.29, 0.717) is 12.2 Å². The molecular formula is C23H35O. The standard InChI is InChI=1S/C23H35O/c1-2-3-4-5-6-7-8-9-10-11-12-13-14-15-16-19-22-20-17-18-21-23(22)24/h17-18,21,24H,2-14,19H2,1H3. The van der Waals surface area contributed by atoms with E-state index in [-0.39, 0.29) is 0 Å². The van der Waals surface area contributed by atoms with E-state index in [1.165, 1.54) is 77.0 Å². The van der Waals surface area contributed by atoms with Gasteiger partial charge in [0.2, 0.25) is 0 Å². The van der Waals surface area contributed by atoms with Crippen LogP contribution >= 0.6 is 0 Å². The topological polar surface area (TPSA) is 20.2 Å². The Morgan fingerprint density at radius 3 is 2.00 bits per heavy atom. The van der Waals surface area contributed by atoms with Crippen molar-refractivity contribution in [3.8, 4) is 17.6 Å². The smallest absolute Gasteiger partial charge is 0.120 e. The van der Waals surface area contributed by atoms with Crippen molar-refractivity contribution >= 4 is 0 Å². The highest BCUT2D eigenvalue weighted by Gasteiger charge is 1.96. The van der Waals surface area contributed by atoms with E-state index in [0.717, 1.165) is 12.0 Å². The van der Waals surface area contributed by atoms with E-state index >= 15 is 0 Å². The van der Waals surface area contributed by atoms with E-state index in [4.69, 9.17) is 0 Å². The van der Waals surface area contributed by atoms with E-state index < -0.39 is 0 Å². The summed E-state index contributed by atoms with van der Waals surface area (Å²) in [6.45, 7) is 2.28. The van der Waals surface area contributed by atoms with Gasteiger partial charge in [-0.25, -0.2) is 0 Å². The highest BCUT2D eigenvalue weighted by molar-refractivity contribution is 5.33. The number of aromatic hydroxyl groups is 1. The summed E-state index contributed by atoms with van der Waals surface area (Å²) in [5, 5.41) is 9.63. The Morgan fingerprint density at radius 2 is 1.42 bits per heavy atom. The van der Waals surface area contributed by atoms with Crippen LogP contribution in [-0.2, 0) is 6.42 Å². The second-order valence-corrected chi connectivity index (χ2v) is 6.70. The number of benzene rings is 1. The molecule has 0 unspecified atom stereocenters. The van der Waals surface area contributed by atoms with Gasteiger partial charge in [-0.3, -0.25) is 0 Å². The summed E-state index contributed by atoms with van der Waals surface area (Å²) in [7, 11) is 0. The van der Waals surface area contributed by atoms with Crippen molar-refractivity contribution in [3.05, 3.63) is 29.8 Å². The third-order valence-electron chi connectivity index (χ3n) is 4.46. The molecule has 0 heterocycles. The Hall–Kier alpha value is -1.42. The third kappa shape index (κ3) is 11.2. The molecule has 1 rings (SSSR count). The lowest BCUT2D eigenvalue weighted by atomic mass is 10.0. The minimum Gasteiger partial charge on any atom is -0.508 e. The van der Waals surface area contributed by atoms with Gasteiger partial charge in [0.05, 0.1) is 0 Å². The van der Waals surface area contributed by atoms with E-state index in [1.54, 1.807) is 12.1 Å². The van der Waals surface area contributed by atoms with Gasteiger partial charge in [0, 0.05) is 18.4 Å². The van der Waals surface area contributed by atoms with Gasteiger partial charge < -0.3 is 5.11 Å². The van der Waals surface area contributed by atoms with Crippen LogP contribution in [0.4, 0.5) is 0 Å². The fourth-order valence-electron chi connectivity index (χ4n) is 2.90. The molecule has 1 N–H and O–H groups in total. The van der Waals surface area contributed by atoms with Crippen LogP contribution in [0.1, 0.15) is 96.0 Å². The fraction of sp³-hybridized carbons (Fsp3) is 0.652. The largest absolute Gasteiger partial charge is 0.508 e. The molecule has 1 aromatic carbocycles. The SMILES string of the molecule is CCCCCCCCCCCCCCC#CCc1[c]cccc1O. The highest BCUT2D eigenvalue weighted by Crippen LogP contribution is 2.15. The van der Waals surface area contributed by atoms with Gasteiger partial charge in [0.15, 0.2) is 0 Å². The van der Waals surface area contributed by atoms with Gasteiger partial charge in [0.1, 0.15) is 5.75 Å². The van der Waals surface area contributed by atoms with Gasteiger partial charge in [0.25, 0.3) is 0 Å². The lowest BCUT2D eigenvalue weighted by molar-refractivity contribution is 0.470. The zero-order valence-electron chi connectivity index (χ0n) is 15.6. The van der Waals surface area contributed by atoms with Crippen molar-refractivity contribution in [2.24, 2.45) is 0 Å². The third-order valence-corrected chi connectivity index (χ3v) is 4.46. The summed E-state index contributed by atoms with van der Waals surface area (Å²) in [5.41, 5.74) is 0.805. The molecule has 0 saturated carbocycles. The summed E-state index contributed by atoms with van der Waals surface area (Å²) >= 11 is 0. The minimum absolute atomic E-state index is 0.303. The molecule has 0 bridgehead atoms. The highest BCUT2D eigenvalue weighted by atomic mass is 16.3. The summed E-state index contributed by atoms with van der Waals surface area (Å²) < 4.78 is 0. The van der Waals surface area contributed by atoms with E-state index in [1.807, 2.05) is 6.07 Å². The summed E-state index contributed by atoms with van der Waals surface area (Å²) in [5.74, 6) is 6.66. The molecule has 133 valence electrons. The van der Waals surface area contributed by atoms with Crippen LogP contribution in [0.2, 0.25) is 0 Å². The molecule has 1 heteroatoms. The fourth-order valence-corrected chi connectivity index (χ4v) is 2.90. The first-order chi connectivity index (χ1) is 11.8. The number of rotatable bonds is 13. The van der Waals surface area contributed by atoms with Crippen LogP contribution < -0.4 is 0 Å². The van der Waals surface area contributed by atoms with Crippen molar-refractivity contribution in [1.29, 1.82) is 0 Å². The van der Waals surface area contributed by atoms with Gasteiger partial charge in [-0.2, -0.15) is 0 Å². The quantitative estimate of drug-likeness (QED) is 0.311. The van der Waals surface area contributed by atoms with Crippen molar-refractivity contribution in [2.75, 3.05) is 0 Å². The molecule has 0 aliphatic carbocycles. The predicted octanol–water partition coefficient (Wildman–Crippen LogP) is 6.83. The molecule has 1 aromatic rings. The zero-order valence-corrected chi connectivity index (χ0v) is 15.6. The summed E-state index contributed by atoms with van der Waals surface area (Å²) in [4.78, 5) is 0. The number of phenols is 1. The van der Waals surface area contributed by atoms with Gasteiger partial charge in [-0.05, 0) is 18.6 Å². The van der Waals surface area contributed by atoms with Gasteiger partial charge >= 0.3 is 0 Å². The zero-order chi connectivity index (χ0) is 17.3. The molecule has 0 amide bonds. The van der Waals surface area contributed by atoms with Crippen LogP contribution in [0.25, 0.3) is 0 Å². The molecule has 1 radical (unpaired) electrons. The van der Waals surface area contributed by atoms with Crippen LogP contribution in [0.15, 0.2) is 18.2 Å². The van der Waals surface area contributed by atoms with Gasteiger partial charge in [-0.1, -0.05) is 95.6 Å².